The fourth-order valence-electron chi connectivity index (χ4n) is 3.92. The van der Waals surface area contributed by atoms with Gasteiger partial charge in [0.1, 0.15) is 5.75 Å². The molecule has 0 spiro atoms. The van der Waals surface area contributed by atoms with Crippen molar-refractivity contribution in [1.82, 2.24) is 24.1 Å². The van der Waals surface area contributed by atoms with Crippen molar-refractivity contribution >= 4 is 5.52 Å². The number of aryl methyl sites for hydroxylation is 3. The molecule has 1 aromatic carbocycles. The highest BCUT2D eigenvalue weighted by Crippen LogP contribution is 2.38. The smallest absolute Gasteiger partial charge is 0.356 e. The van der Waals surface area contributed by atoms with Crippen LogP contribution in [0.3, 0.4) is 0 Å². The molecule has 0 N–H and O–H groups in total. The second kappa shape index (κ2) is 6.79. The highest BCUT2D eigenvalue weighted by molar-refractivity contribution is 5.81. The second-order valence-corrected chi connectivity index (χ2v) is 7.95. The van der Waals surface area contributed by atoms with E-state index in [0.29, 0.717) is 6.10 Å². The number of aromatic nitrogens is 5. The minimum atomic E-state index is -0.286. The Hall–Kier alpha value is -3.48. The number of hydrogen-bond donors (Lipinski definition) is 0. The van der Waals surface area contributed by atoms with Gasteiger partial charge in [-0.3, -0.25) is 4.40 Å². The van der Waals surface area contributed by atoms with E-state index in [9.17, 15) is 4.79 Å². The Bertz CT molecular complexity index is 1330. The predicted octanol–water partition coefficient (Wildman–Crippen LogP) is 3.72. The van der Waals surface area contributed by atoms with Gasteiger partial charge < -0.3 is 4.74 Å². The van der Waals surface area contributed by atoms with E-state index in [-0.39, 0.29) is 11.6 Å². The number of hydrogen-bond acceptors (Lipinski definition) is 5. The van der Waals surface area contributed by atoms with Crippen LogP contribution in [0.4, 0.5) is 0 Å². The van der Waals surface area contributed by atoms with Gasteiger partial charge in [-0.2, -0.15) is 5.10 Å². The first-order chi connectivity index (χ1) is 14.5. The second-order valence-electron chi connectivity index (χ2n) is 7.95. The molecular weight excluding hydrogens is 378 g/mol. The number of fused-ring (bicyclic) bond motifs is 1. The highest BCUT2D eigenvalue weighted by Gasteiger charge is 2.25. The maximum absolute atomic E-state index is 13.3. The van der Waals surface area contributed by atoms with Gasteiger partial charge in [0.2, 0.25) is 0 Å². The Morgan fingerprint density at radius 2 is 1.73 bits per heavy atom. The van der Waals surface area contributed by atoms with Crippen LogP contribution in [0, 0.1) is 27.7 Å². The maximum Gasteiger partial charge on any atom is 0.356 e. The molecule has 0 radical (unpaired) electrons. The lowest BCUT2D eigenvalue weighted by Crippen LogP contribution is -2.29. The van der Waals surface area contributed by atoms with Gasteiger partial charge in [-0.1, -0.05) is 12.1 Å². The van der Waals surface area contributed by atoms with E-state index in [1.54, 1.807) is 23.0 Å². The van der Waals surface area contributed by atoms with Gasteiger partial charge in [0, 0.05) is 23.7 Å². The first kappa shape index (κ1) is 18.5. The monoisotopic (exact) mass is 401 g/mol. The molecule has 0 atom stereocenters. The molecule has 1 fully saturated rings. The van der Waals surface area contributed by atoms with E-state index in [1.807, 2.05) is 32.9 Å². The quantitative estimate of drug-likeness (QED) is 0.521. The minimum Gasteiger partial charge on any atom is -0.490 e. The van der Waals surface area contributed by atoms with Crippen molar-refractivity contribution < 1.29 is 4.74 Å². The maximum atomic E-state index is 13.3. The summed E-state index contributed by atoms with van der Waals surface area (Å²) in [6.07, 6.45) is 7.62. The Kier molecular flexibility index (Phi) is 4.20. The van der Waals surface area contributed by atoms with Crippen LogP contribution in [-0.4, -0.2) is 30.3 Å². The van der Waals surface area contributed by atoms with Crippen LogP contribution in [0.15, 0.2) is 41.6 Å². The Morgan fingerprint density at radius 3 is 2.43 bits per heavy atom. The van der Waals surface area contributed by atoms with Crippen molar-refractivity contribution in [1.29, 1.82) is 0 Å². The molecule has 152 valence electrons. The average molecular weight is 401 g/mol. The summed E-state index contributed by atoms with van der Waals surface area (Å²) >= 11 is 0. The van der Waals surface area contributed by atoms with Crippen LogP contribution in [0.25, 0.3) is 22.6 Å². The summed E-state index contributed by atoms with van der Waals surface area (Å²) in [5.41, 5.74) is 6.49. The van der Waals surface area contributed by atoms with Crippen molar-refractivity contribution in [3.05, 3.63) is 69.7 Å². The van der Waals surface area contributed by atoms with Gasteiger partial charge in [-0.15, -0.1) is 4.68 Å². The van der Waals surface area contributed by atoms with Crippen LogP contribution < -0.4 is 10.4 Å². The largest absolute Gasteiger partial charge is 0.490 e. The number of rotatable bonds is 4. The molecule has 4 aromatic rings. The summed E-state index contributed by atoms with van der Waals surface area (Å²) in [4.78, 5) is 21.8. The van der Waals surface area contributed by atoms with Crippen LogP contribution >= 0.6 is 0 Å². The van der Waals surface area contributed by atoms with E-state index >= 15 is 0 Å². The van der Waals surface area contributed by atoms with Gasteiger partial charge in [-0.05, 0) is 68.9 Å². The first-order valence-electron chi connectivity index (χ1n) is 10.1. The Morgan fingerprint density at radius 1 is 1.00 bits per heavy atom. The highest BCUT2D eigenvalue weighted by atomic mass is 16.5. The molecule has 0 saturated heterocycles. The molecular formula is C23H23N5O2. The molecule has 7 nitrogen and oxygen atoms in total. The topological polar surface area (TPSA) is 74.3 Å². The summed E-state index contributed by atoms with van der Waals surface area (Å²) in [5.74, 6) is 1.17. The van der Waals surface area contributed by atoms with E-state index in [0.717, 1.165) is 57.6 Å². The molecule has 1 aliphatic rings. The van der Waals surface area contributed by atoms with Crippen LogP contribution in [0.5, 0.6) is 5.75 Å². The third-order valence-electron chi connectivity index (χ3n) is 5.69. The summed E-state index contributed by atoms with van der Waals surface area (Å²) in [6.45, 7) is 7.97. The van der Waals surface area contributed by atoms with Gasteiger partial charge in [0.05, 0.1) is 17.8 Å². The molecule has 3 aromatic heterocycles. The summed E-state index contributed by atoms with van der Waals surface area (Å²) in [6, 6.07) is 6.11. The van der Waals surface area contributed by atoms with E-state index in [4.69, 9.17) is 4.74 Å². The van der Waals surface area contributed by atoms with Crippen molar-refractivity contribution in [3.63, 3.8) is 0 Å². The van der Waals surface area contributed by atoms with Crippen LogP contribution in [0.1, 0.15) is 35.2 Å². The lowest BCUT2D eigenvalue weighted by Gasteiger charge is -2.13. The van der Waals surface area contributed by atoms with Crippen molar-refractivity contribution in [3.8, 4) is 22.8 Å². The molecule has 0 aliphatic heterocycles. The van der Waals surface area contributed by atoms with E-state index < -0.39 is 0 Å². The number of ether oxygens (including phenoxy) is 1. The third-order valence-corrected chi connectivity index (χ3v) is 5.69. The van der Waals surface area contributed by atoms with Gasteiger partial charge in [-0.25, -0.2) is 14.8 Å². The Labute approximate surface area is 174 Å². The van der Waals surface area contributed by atoms with Crippen LogP contribution in [0.2, 0.25) is 0 Å². The van der Waals surface area contributed by atoms with Crippen molar-refractivity contribution in [2.45, 2.75) is 46.6 Å². The molecule has 7 heteroatoms. The fraction of sp³-hybridized carbons (Fsp3) is 0.304. The zero-order chi connectivity index (χ0) is 21.0. The lowest BCUT2D eigenvalue weighted by atomic mass is 9.97. The molecule has 1 aliphatic carbocycles. The summed E-state index contributed by atoms with van der Waals surface area (Å²) in [5, 5.41) is 4.34. The van der Waals surface area contributed by atoms with Gasteiger partial charge >= 0.3 is 5.69 Å². The molecule has 5 rings (SSSR count). The molecule has 0 amide bonds. The molecule has 30 heavy (non-hydrogen) atoms. The fourth-order valence-corrected chi connectivity index (χ4v) is 3.92. The van der Waals surface area contributed by atoms with Crippen molar-refractivity contribution in [2.24, 2.45) is 0 Å². The lowest BCUT2D eigenvalue weighted by molar-refractivity contribution is 0.301. The summed E-state index contributed by atoms with van der Waals surface area (Å²) < 4.78 is 9.01. The summed E-state index contributed by atoms with van der Waals surface area (Å²) in [7, 11) is 0. The average Bonchev–Trinajstić information content (AvgIpc) is 3.51. The molecule has 1 saturated carbocycles. The van der Waals surface area contributed by atoms with Crippen molar-refractivity contribution in [2.75, 3.05) is 0 Å². The Balaban J connectivity index is 1.70. The zero-order valence-electron chi connectivity index (χ0n) is 17.5. The third kappa shape index (κ3) is 2.89. The zero-order valence-corrected chi connectivity index (χ0v) is 17.5. The van der Waals surface area contributed by atoms with Crippen LogP contribution in [-0.2, 0) is 0 Å². The van der Waals surface area contributed by atoms with Gasteiger partial charge in [0.15, 0.2) is 0 Å². The first-order valence-corrected chi connectivity index (χ1v) is 10.1. The molecule has 0 bridgehead atoms. The molecule has 0 unspecified atom stereocenters. The van der Waals surface area contributed by atoms with Gasteiger partial charge in [0.25, 0.3) is 5.95 Å². The number of benzene rings is 1. The standard InChI is InChI=1S/C23H23N5O2/c1-13-10-24-22(25-11-13)28-23(29)27-16(4)21(15(3)19(27)12-26-28)18-6-5-7-20(14(18)2)30-17-8-9-17/h5-7,10-12,17H,8-9H2,1-4H3. The normalized spacial score (nSPS) is 13.7. The minimum absolute atomic E-state index is 0.260. The predicted molar refractivity (Wildman–Crippen MR) is 114 cm³/mol. The SMILES string of the molecule is Cc1cnc(-n2ncc3c(C)c(-c4cccc(OC5CC5)c4C)c(C)n3c2=O)nc1. The molecule has 3 heterocycles. The van der Waals surface area contributed by atoms with E-state index in [1.165, 1.54) is 4.68 Å². The van der Waals surface area contributed by atoms with E-state index in [2.05, 4.69) is 28.1 Å². The number of nitrogens with zero attached hydrogens (tertiary/aromatic N) is 5.